The van der Waals surface area contributed by atoms with Gasteiger partial charge in [-0.2, -0.15) is 10.2 Å². The minimum absolute atomic E-state index is 0.105. The molecule has 0 aliphatic heterocycles. The summed E-state index contributed by atoms with van der Waals surface area (Å²) in [4.78, 5) is 13.4. The summed E-state index contributed by atoms with van der Waals surface area (Å²) >= 11 is 3.44. The van der Waals surface area contributed by atoms with Gasteiger partial charge in [0.1, 0.15) is 5.56 Å². The molecule has 0 aromatic carbocycles. The molecule has 7 nitrogen and oxygen atoms in total. The van der Waals surface area contributed by atoms with Crippen LogP contribution in [0.15, 0.2) is 23.1 Å². The van der Waals surface area contributed by atoms with Gasteiger partial charge in [-0.25, -0.2) is 9.36 Å². The smallest absolute Gasteiger partial charge is 0.256 e. The van der Waals surface area contributed by atoms with Gasteiger partial charge in [0.15, 0.2) is 5.82 Å². The minimum Gasteiger partial charge on any atom is -0.390 e. The molecule has 4 saturated carbocycles. The average molecular weight is 462 g/mol. The van der Waals surface area contributed by atoms with Gasteiger partial charge in [-0.3, -0.25) is 4.79 Å². The highest BCUT2D eigenvalue weighted by Gasteiger charge is 2.55. The first-order chi connectivity index (χ1) is 13.6. The molecule has 4 bridgehead atoms. The van der Waals surface area contributed by atoms with Crippen LogP contribution in [0.2, 0.25) is 0 Å². The highest BCUT2D eigenvalue weighted by Crippen LogP contribution is 2.55. The van der Waals surface area contributed by atoms with Gasteiger partial charge < -0.3 is 10.4 Å². The van der Waals surface area contributed by atoms with Crippen molar-refractivity contribution in [2.75, 3.05) is 0 Å². The molecule has 1 amide bonds. The molecule has 156 valence electrons. The van der Waals surface area contributed by atoms with Crippen LogP contribution in [0.4, 0.5) is 0 Å². The SMILES string of the molecule is CC(C)(C)n1ncc(C(=O)NC2[C@H]3CC4C[C@H]2CC(O)(C4)C3)c1-n1cc(Br)cn1. The fraction of sp³-hybridized carbons (Fsp3) is 0.667. The van der Waals surface area contributed by atoms with E-state index < -0.39 is 5.60 Å². The van der Waals surface area contributed by atoms with Crippen molar-refractivity contribution in [3.8, 4) is 5.82 Å². The number of carbonyl (C=O) groups excluding carboxylic acids is 1. The predicted molar refractivity (Wildman–Crippen MR) is 112 cm³/mol. The van der Waals surface area contributed by atoms with Crippen molar-refractivity contribution < 1.29 is 9.90 Å². The largest absolute Gasteiger partial charge is 0.390 e. The molecule has 4 fully saturated rings. The van der Waals surface area contributed by atoms with Gasteiger partial charge in [0.05, 0.1) is 28.0 Å². The fourth-order valence-electron chi connectivity index (χ4n) is 6.08. The average Bonchev–Trinajstić information content (AvgIpc) is 3.22. The van der Waals surface area contributed by atoms with E-state index in [0.717, 1.165) is 36.6 Å². The Bertz CT molecular complexity index is 943. The molecule has 0 radical (unpaired) electrons. The van der Waals surface area contributed by atoms with Crippen LogP contribution >= 0.6 is 15.9 Å². The van der Waals surface area contributed by atoms with Gasteiger partial charge >= 0.3 is 0 Å². The Labute approximate surface area is 179 Å². The number of amides is 1. The molecule has 4 aliphatic rings. The van der Waals surface area contributed by atoms with E-state index in [-0.39, 0.29) is 17.5 Å². The molecule has 0 spiro atoms. The maximum atomic E-state index is 13.4. The van der Waals surface area contributed by atoms with Crippen molar-refractivity contribution in [2.45, 2.75) is 70.1 Å². The predicted octanol–water partition coefficient (Wildman–Crippen LogP) is 3.26. The molecule has 6 rings (SSSR count). The second-order valence-electron chi connectivity index (χ2n) is 10.3. The Morgan fingerprint density at radius 3 is 2.45 bits per heavy atom. The lowest BCUT2D eigenvalue weighted by Crippen LogP contribution is -2.61. The first kappa shape index (κ1) is 19.3. The van der Waals surface area contributed by atoms with Crippen LogP contribution in [0.25, 0.3) is 5.82 Å². The highest BCUT2D eigenvalue weighted by molar-refractivity contribution is 9.10. The van der Waals surface area contributed by atoms with E-state index in [2.05, 4.69) is 52.2 Å². The minimum atomic E-state index is -0.499. The van der Waals surface area contributed by atoms with Crippen LogP contribution in [-0.4, -0.2) is 42.2 Å². The van der Waals surface area contributed by atoms with Crippen molar-refractivity contribution in [1.29, 1.82) is 0 Å². The maximum Gasteiger partial charge on any atom is 0.256 e. The van der Waals surface area contributed by atoms with E-state index >= 15 is 0 Å². The van der Waals surface area contributed by atoms with Crippen LogP contribution < -0.4 is 5.32 Å². The summed E-state index contributed by atoms with van der Waals surface area (Å²) in [5.41, 5.74) is -0.262. The van der Waals surface area contributed by atoms with Crippen molar-refractivity contribution in [3.05, 3.63) is 28.6 Å². The number of aromatic nitrogens is 4. The number of rotatable bonds is 3. The third kappa shape index (κ3) is 3.24. The van der Waals surface area contributed by atoms with Crippen molar-refractivity contribution >= 4 is 21.8 Å². The number of nitrogens with one attached hydrogen (secondary N) is 1. The first-order valence-corrected chi connectivity index (χ1v) is 11.2. The summed E-state index contributed by atoms with van der Waals surface area (Å²) in [5.74, 6) is 1.92. The zero-order chi connectivity index (χ0) is 20.6. The standard InChI is InChI=1S/C21H28BrN5O2/c1-20(2,3)27-19(26-11-15(22)9-23-26)16(10-24-27)18(28)25-17-13-4-12-5-14(17)8-21(29,6-12)7-13/h9-14,17,29H,4-8H2,1-3H3,(H,25,28)/t12?,13-,14-,17?,21?/m0/s1. The van der Waals surface area contributed by atoms with Gasteiger partial charge in [0.2, 0.25) is 0 Å². The summed E-state index contributed by atoms with van der Waals surface area (Å²) in [7, 11) is 0. The maximum absolute atomic E-state index is 13.4. The quantitative estimate of drug-likeness (QED) is 0.734. The Kier molecular flexibility index (Phi) is 4.27. The summed E-state index contributed by atoms with van der Waals surface area (Å²) in [6.07, 6.45) is 9.99. The molecule has 2 heterocycles. The number of hydrogen-bond acceptors (Lipinski definition) is 4. The van der Waals surface area contributed by atoms with Gasteiger partial charge in [-0.05, 0) is 86.6 Å². The van der Waals surface area contributed by atoms with Crippen LogP contribution in [0.5, 0.6) is 0 Å². The van der Waals surface area contributed by atoms with Crippen LogP contribution in [0.1, 0.15) is 63.2 Å². The monoisotopic (exact) mass is 461 g/mol. The van der Waals surface area contributed by atoms with Gasteiger partial charge in [0.25, 0.3) is 5.91 Å². The fourth-order valence-corrected chi connectivity index (χ4v) is 6.36. The first-order valence-electron chi connectivity index (χ1n) is 10.5. The number of carbonyl (C=O) groups is 1. The molecule has 2 N–H and O–H groups in total. The molecular formula is C21H28BrN5O2. The lowest BCUT2D eigenvalue weighted by atomic mass is 9.52. The van der Waals surface area contributed by atoms with Crippen LogP contribution in [0.3, 0.4) is 0 Å². The molecule has 0 saturated heterocycles. The van der Waals surface area contributed by atoms with E-state index in [1.807, 2.05) is 10.9 Å². The molecule has 29 heavy (non-hydrogen) atoms. The molecule has 4 aliphatic carbocycles. The van der Waals surface area contributed by atoms with Crippen molar-refractivity contribution in [3.63, 3.8) is 0 Å². The summed E-state index contributed by atoms with van der Waals surface area (Å²) in [6.45, 7) is 6.17. The Morgan fingerprint density at radius 2 is 1.90 bits per heavy atom. The number of hydrogen-bond donors (Lipinski definition) is 2. The normalized spacial score (nSPS) is 33.3. The second-order valence-corrected chi connectivity index (χ2v) is 11.2. The van der Waals surface area contributed by atoms with Crippen LogP contribution in [-0.2, 0) is 5.54 Å². The summed E-state index contributed by atoms with van der Waals surface area (Å²) in [5, 5.41) is 23.1. The third-order valence-corrected chi connectivity index (χ3v) is 7.34. The van der Waals surface area contributed by atoms with Crippen LogP contribution in [0, 0.1) is 17.8 Å². The number of halogens is 1. The van der Waals surface area contributed by atoms with E-state index in [4.69, 9.17) is 0 Å². The van der Waals surface area contributed by atoms with Crippen molar-refractivity contribution in [2.24, 2.45) is 17.8 Å². The summed E-state index contributed by atoms with van der Waals surface area (Å²) in [6, 6.07) is 0.134. The van der Waals surface area contributed by atoms with E-state index in [9.17, 15) is 9.90 Å². The lowest BCUT2D eigenvalue weighted by molar-refractivity contribution is -0.136. The number of nitrogens with zero attached hydrogens (tertiary/aromatic N) is 4. The van der Waals surface area contributed by atoms with Gasteiger partial charge in [-0.15, -0.1) is 0 Å². The third-order valence-electron chi connectivity index (χ3n) is 6.93. The van der Waals surface area contributed by atoms with Crippen molar-refractivity contribution in [1.82, 2.24) is 24.9 Å². The zero-order valence-electron chi connectivity index (χ0n) is 17.1. The Morgan fingerprint density at radius 1 is 1.21 bits per heavy atom. The zero-order valence-corrected chi connectivity index (χ0v) is 18.7. The summed E-state index contributed by atoms with van der Waals surface area (Å²) < 4.78 is 4.40. The second kappa shape index (κ2) is 6.41. The molecule has 8 heteroatoms. The molecule has 2 aromatic rings. The Hall–Kier alpha value is -1.67. The van der Waals surface area contributed by atoms with Gasteiger partial charge in [0, 0.05) is 12.2 Å². The van der Waals surface area contributed by atoms with Gasteiger partial charge in [-0.1, -0.05) is 0 Å². The van der Waals surface area contributed by atoms with E-state index in [0.29, 0.717) is 29.1 Å². The topological polar surface area (TPSA) is 85.0 Å². The van der Waals surface area contributed by atoms with E-state index in [1.165, 1.54) is 0 Å². The molecule has 2 atom stereocenters. The number of aliphatic hydroxyl groups is 1. The molecule has 0 unspecified atom stereocenters. The molecule has 2 aromatic heterocycles. The molecular weight excluding hydrogens is 434 g/mol. The highest BCUT2D eigenvalue weighted by atomic mass is 79.9. The lowest BCUT2D eigenvalue weighted by Gasteiger charge is -2.58. The van der Waals surface area contributed by atoms with E-state index in [1.54, 1.807) is 17.1 Å². The Balaban J connectivity index is 1.46.